The highest BCUT2D eigenvalue weighted by Crippen LogP contribution is 2.40. The Labute approximate surface area is 175 Å². The molecule has 4 rings (SSSR count). The van der Waals surface area contributed by atoms with Gasteiger partial charge in [0.25, 0.3) is 5.91 Å². The molecule has 0 fully saturated rings. The molecule has 0 bridgehead atoms. The molecule has 156 valence electrons. The summed E-state index contributed by atoms with van der Waals surface area (Å²) in [7, 11) is 0. The van der Waals surface area contributed by atoms with Crippen LogP contribution in [0.3, 0.4) is 0 Å². The molecule has 0 saturated heterocycles. The SMILES string of the molecule is CCOc1ccc(CNC(=O)c2oc3ccc4c(c3c2C)C(=O)CC(C)(C)O4)cc1. The molecule has 0 spiro atoms. The molecular formula is C24H25NO5. The third kappa shape index (κ3) is 3.65. The predicted octanol–water partition coefficient (Wildman–Crippen LogP) is 4.81. The summed E-state index contributed by atoms with van der Waals surface area (Å²) in [6.45, 7) is 8.47. The summed E-state index contributed by atoms with van der Waals surface area (Å²) in [6, 6.07) is 11.0. The first-order chi connectivity index (χ1) is 14.3. The Hall–Kier alpha value is -3.28. The van der Waals surface area contributed by atoms with Gasteiger partial charge >= 0.3 is 0 Å². The molecule has 2 heterocycles. The van der Waals surface area contributed by atoms with E-state index in [0.717, 1.165) is 11.3 Å². The minimum absolute atomic E-state index is 0.00269. The van der Waals surface area contributed by atoms with Crippen LogP contribution in [-0.4, -0.2) is 23.9 Å². The lowest BCUT2D eigenvalue weighted by Crippen LogP contribution is -2.35. The van der Waals surface area contributed by atoms with Crippen LogP contribution in [0.25, 0.3) is 11.0 Å². The number of amides is 1. The highest BCUT2D eigenvalue weighted by molar-refractivity contribution is 6.13. The number of aryl methyl sites for hydroxylation is 1. The van der Waals surface area contributed by atoms with Crippen LogP contribution in [0.2, 0.25) is 0 Å². The zero-order valence-corrected chi connectivity index (χ0v) is 17.6. The first kappa shape index (κ1) is 20.0. The van der Waals surface area contributed by atoms with Crippen molar-refractivity contribution in [3.8, 4) is 11.5 Å². The van der Waals surface area contributed by atoms with Crippen molar-refractivity contribution < 1.29 is 23.5 Å². The monoisotopic (exact) mass is 407 g/mol. The third-order valence-corrected chi connectivity index (χ3v) is 5.20. The number of ether oxygens (including phenoxy) is 2. The Kier molecular flexibility index (Phi) is 5.02. The van der Waals surface area contributed by atoms with E-state index in [1.165, 1.54) is 0 Å². The van der Waals surface area contributed by atoms with Gasteiger partial charge in [-0.25, -0.2) is 0 Å². The molecule has 0 unspecified atom stereocenters. The number of carbonyl (C=O) groups is 2. The van der Waals surface area contributed by atoms with Crippen molar-refractivity contribution in [2.24, 2.45) is 0 Å². The first-order valence-corrected chi connectivity index (χ1v) is 10.1. The average molecular weight is 407 g/mol. The summed E-state index contributed by atoms with van der Waals surface area (Å²) in [4.78, 5) is 25.6. The first-order valence-electron chi connectivity index (χ1n) is 10.1. The van der Waals surface area contributed by atoms with Gasteiger partial charge in [0.1, 0.15) is 22.7 Å². The van der Waals surface area contributed by atoms with Gasteiger partial charge in [0, 0.05) is 17.5 Å². The van der Waals surface area contributed by atoms with E-state index in [1.807, 2.05) is 45.0 Å². The lowest BCUT2D eigenvalue weighted by atomic mass is 9.90. The quantitative estimate of drug-likeness (QED) is 0.656. The topological polar surface area (TPSA) is 77.8 Å². The molecule has 1 aliphatic rings. The van der Waals surface area contributed by atoms with Gasteiger partial charge in [-0.3, -0.25) is 9.59 Å². The Bertz CT molecular complexity index is 1120. The molecule has 1 amide bonds. The van der Waals surface area contributed by atoms with Crippen LogP contribution in [-0.2, 0) is 6.54 Å². The van der Waals surface area contributed by atoms with Crippen molar-refractivity contribution in [3.63, 3.8) is 0 Å². The molecular weight excluding hydrogens is 382 g/mol. The molecule has 30 heavy (non-hydrogen) atoms. The van der Waals surface area contributed by atoms with Crippen molar-refractivity contribution in [2.75, 3.05) is 6.61 Å². The summed E-state index contributed by atoms with van der Waals surface area (Å²) in [5.41, 5.74) is 2.05. The maximum absolute atomic E-state index is 12.8. The Morgan fingerprint density at radius 3 is 2.60 bits per heavy atom. The molecule has 3 aromatic rings. The number of ketones is 1. The number of fused-ring (bicyclic) bond motifs is 3. The summed E-state index contributed by atoms with van der Waals surface area (Å²) >= 11 is 0. The van der Waals surface area contributed by atoms with Gasteiger partial charge in [-0.05, 0) is 57.5 Å². The molecule has 2 aromatic carbocycles. The molecule has 6 nitrogen and oxygen atoms in total. The summed E-state index contributed by atoms with van der Waals surface area (Å²) in [5, 5.41) is 3.54. The van der Waals surface area contributed by atoms with Crippen molar-refractivity contribution >= 4 is 22.7 Å². The normalized spacial score (nSPS) is 14.9. The largest absolute Gasteiger partial charge is 0.494 e. The predicted molar refractivity (Wildman–Crippen MR) is 113 cm³/mol. The second-order valence-electron chi connectivity index (χ2n) is 8.09. The Morgan fingerprint density at radius 1 is 1.17 bits per heavy atom. The van der Waals surface area contributed by atoms with E-state index in [4.69, 9.17) is 13.9 Å². The lowest BCUT2D eigenvalue weighted by molar-refractivity contribution is 0.0623. The van der Waals surface area contributed by atoms with E-state index in [9.17, 15) is 9.59 Å². The summed E-state index contributed by atoms with van der Waals surface area (Å²) in [5.74, 6) is 1.21. The lowest BCUT2D eigenvalue weighted by Gasteiger charge is -2.31. The van der Waals surface area contributed by atoms with E-state index < -0.39 is 5.60 Å². The van der Waals surface area contributed by atoms with Gasteiger partial charge in [-0.2, -0.15) is 0 Å². The van der Waals surface area contributed by atoms with Crippen LogP contribution >= 0.6 is 0 Å². The zero-order valence-electron chi connectivity index (χ0n) is 17.6. The van der Waals surface area contributed by atoms with E-state index in [0.29, 0.717) is 41.0 Å². The fourth-order valence-electron chi connectivity index (χ4n) is 3.84. The van der Waals surface area contributed by atoms with Crippen molar-refractivity contribution in [2.45, 2.75) is 46.3 Å². The van der Waals surface area contributed by atoms with Crippen LogP contribution in [0.4, 0.5) is 0 Å². The van der Waals surface area contributed by atoms with Crippen LogP contribution in [0, 0.1) is 6.92 Å². The molecule has 1 N–H and O–H groups in total. The highest BCUT2D eigenvalue weighted by atomic mass is 16.5. The zero-order chi connectivity index (χ0) is 21.5. The number of carbonyl (C=O) groups excluding carboxylic acids is 2. The second kappa shape index (κ2) is 7.52. The number of Topliss-reactive ketones (excluding diaryl/α,β-unsaturated/α-hetero) is 1. The number of furan rings is 1. The molecule has 1 aliphatic heterocycles. The maximum atomic E-state index is 12.8. The van der Waals surface area contributed by atoms with Crippen molar-refractivity contribution in [1.82, 2.24) is 5.32 Å². The number of nitrogens with one attached hydrogen (secondary N) is 1. The number of benzene rings is 2. The van der Waals surface area contributed by atoms with Gasteiger partial charge in [0.15, 0.2) is 11.5 Å². The van der Waals surface area contributed by atoms with Crippen LogP contribution < -0.4 is 14.8 Å². The summed E-state index contributed by atoms with van der Waals surface area (Å²) < 4.78 is 17.2. The standard InChI is InChI=1S/C24H25NO5/c1-5-28-16-8-6-15(7-9-16)13-25-23(27)22-14(2)20-18(29-22)10-11-19-21(20)17(26)12-24(3,4)30-19/h6-11H,5,12-13H2,1-4H3,(H,25,27). The maximum Gasteiger partial charge on any atom is 0.287 e. The van der Waals surface area contributed by atoms with E-state index in [1.54, 1.807) is 19.1 Å². The van der Waals surface area contributed by atoms with E-state index in [-0.39, 0.29) is 23.9 Å². The molecule has 1 aromatic heterocycles. The van der Waals surface area contributed by atoms with Gasteiger partial charge < -0.3 is 19.2 Å². The Balaban J connectivity index is 1.59. The fraction of sp³-hybridized carbons (Fsp3) is 0.333. The molecule has 0 aliphatic carbocycles. The van der Waals surface area contributed by atoms with Crippen LogP contribution in [0.5, 0.6) is 11.5 Å². The van der Waals surface area contributed by atoms with Crippen molar-refractivity contribution in [3.05, 3.63) is 58.8 Å². The smallest absolute Gasteiger partial charge is 0.287 e. The number of hydrogen-bond acceptors (Lipinski definition) is 5. The molecule has 0 atom stereocenters. The molecule has 0 saturated carbocycles. The van der Waals surface area contributed by atoms with E-state index in [2.05, 4.69) is 5.32 Å². The third-order valence-electron chi connectivity index (χ3n) is 5.20. The minimum atomic E-state index is -0.548. The fourth-order valence-corrected chi connectivity index (χ4v) is 3.84. The second-order valence-corrected chi connectivity index (χ2v) is 8.09. The Morgan fingerprint density at radius 2 is 1.90 bits per heavy atom. The van der Waals surface area contributed by atoms with Gasteiger partial charge in [-0.15, -0.1) is 0 Å². The molecule has 6 heteroatoms. The summed E-state index contributed by atoms with van der Waals surface area (Å²) in [6.07, 6.45) is 0.281. The van der Waals surface area contributed by atoms with Crippen LogP contribution in [0.1, 0.15) is 59.2 Å². The average Bonchev–Trinajstić information content (AvgIpc) is 3.03. The van der Waals surface area contributed by atoms with Crippen molar-refractivity contribution in [1.29, 1.82) is 0 Å². The van der Waals surface area contributed by atoms with Gasteiger partial charge in [-0.1, -0.05) is 12.1 Å². The van der Waals surface area contributed by atoms with Gasteiger partial charge in [0.05, 0.1) is 18.6 Å². The number of hydrogen-bond donors (Lipinski definition) is 1. The number of rotatable bonds is 5. The van der Waals surface area contributed by atoms with Crippen LogP contribution in [0.15, 0.2) is 40.8 Å². The molecule has 0 radical (unpaired) electrons. The van der Waals surface area contributed by atoms with E-state index >= 15 is 0 Å². The minimum Gasteiger partial charge on any atom is -0.494 e. The van der Waals surface area contributed by atoms with Gasteiger partial charge in [0.2, 0.25) is 0 Å². The highest BCUT2D eigenvalue weighted by Gasteiger charge is 2.35.